The molecule has 0 saturated carbocycles. The van der Waals surface area contributed by atoms with Crippen LogP contribution in [0.25, 0.3) is 0 Å². The molecule has 2 aliphatic heterocycles. The number of anilines is 1. The van der Waals surface area contributed by atoms with Gasteiger partial charge in [-0.05, 0) is 6.42 Å². The van der Waals surface area contributed by atoms with Crippen LogP contribution in [0.5, 0.6) is 0 Å². The van der Waals surface area contributed by atoms with E-state index in [1.165, 1.54) is 0 Å². The van der Waals surface area contributed by atoms with E-state index in [0.29, 0.717) is 17.4 Å². The summed E-state index contributed by atoms with van der Waals surface area (Å²) in [5.74, 6) is 2.15. The van der Waals surface area contributed by atoms with Crippen LogP contribution in [-0.4, -0.2) is 48.8 Å². The molecule has 1 aromatic rings. The molecule has 1 aromatic heterocycles. The van der Waals surface area contributed by atoms with Crippen LogP contribution in [0.2, 0.25) is 0 Å². The lowest BCUT2D eigenvalue weighted by Gasteiger charge is -2.26. The number of sulfone groups is 1. The molecule has 2 aliphatic rings. The normalized spacial score (nSPS) is 29.8. The largest absolute Gasteiger partial charge is 0.370 e. The first-order valence-corrected chi connectivity index (χ1v) is 8.14. The van der Waals surface area contributed by atoms with E-state index in [2.05, 4.69) is 15.7 Å². The zero-order chi connectivity index (χ0) is 12.6. The highest BCUT2D eigenvalue weighted by atomic mass is 32.2. The molecule has 7 heteroatoms. The van der Waals surface area contributed by atoms with Gasteiger partial charge in [-0.3, -0.25) is 0 Å². The first kappa shape index (κ1) is 12.0. The third-order valence-electron chi connectivity index (χ3n) is 3.65. The molecule has 3 heterocycles. The first-order chi connectivity index (χ1) is 8.62. The van der Waals surface area contributed by atoms with Gasteiger partial charge in [-0.15, -0.1) is 0 Å². The fraction of sp³-hybridized carbons (Fsp3) is 0.727. The minimum absolute atomic E-state index is 0.133. The SMILES string of the molecule is O=S1(=O)CC[C@@H](NC[C@@H]2CNc3ccnn3C2)C1. The molecule has 0 radical (unpaired) electrons. The molecule has 0 spiro atoms. The number of hydrogen-bond donors (Lipinski definition) is 2. The van der Waals surface area contributed by atoms with Gasteiger partial charge in [-0.2, -0.15) is 5.10 Å². The van der Waals surface area contributed by atoms with E-state index in [4.69, 9.17) is 0 Å². The maximum atomic E-state index is 11.4. The minimum Gasteiger partial charge on any atom is -0.370 e. The summed E-state index contributed by atoms with van der Waals surface area (Å²) in [6, 6.07) is 2.10. The highest BCUT2D eigenvalue weighted by Crippen LogP contribution is 2.17. The maximum absolute atomic E-state index is 11.4. The van der Waals surface area contributed by atoms with Gasteiger partial charge in [0.1, 0.15) is 5.82 Å². The topological polar surface area (TPSA) is 76.0 Å². The Morgan fingerprint density at radius 1 is 1.56 bits per heavy atom. The summed E-state index contributed by atoms with van der Waals surface area (Å²) in [5.41, 5.74) is 0. The monoisotopic (exact) mass is 270 g/mol. The molecule has 0 unspecified atom stereocenters. The second-order valence-corrected chi connectivity index (χ2v) is 7.38. The summed E-state index contributed by atoms with van der Waals surface area (Å²) >= 11 is 0. The van der Waals surface area contributed by atoms with Crippen LogP contribution in [0.1, 0.15) is 6.42 Å². The molecule has 6 nitrogen and oxygen atoms in total. The van der Waals surface area contributed by atoms with Gasteiger partial charge in [-0.25, -0.2) is 13.1 Å². The van der Waals surface area contributed by atoms with Gasteiger partial charge in [0.15, 0.2) is 9.84 Å². The number of rotatable bonds is 3. The summed E-state index contributed by atoms with van der Waals surface area (Å²) < 4.78 is 24.7. The molecular formula is C11H18N4O2S. The van der Waals surface area contributed by atoms with E-state index in [0.717, 1.165) is 31.9 Å². The standard InChI is InChI=1S/C11H18N4O2S/c16-18(17)4-2-10(8-18)12-5-9-6-13-11-1-3-14-15(11)7-9/h1,3,9-10,12-13H,2,4-8H2/t9-,10-/m1/s1. The van der Waals surface area contributed by atoms with Crippen LogP contribution in [0.4, 0.5) is 5.82 Å². The predicted octanol–water partition coefficient (Wildman–Crippen LogP) is -0.298. The van der Waals surface area contributed by atoms with Crippen LogP contribution >= 0.6 is 0 Å². The number of nitrogens with one attached hydrogen (secondary N) is 2. The summed E-state index contributed by atoms with van der Waals surface area (Å²) in [5, 5.41) is 10.9. The maximum Gasteiger partial charge on any atom is 0.151 e. The van der Waals surface area contributed by atoms with Gasteiger partial charge in [0, 0.05) is 37.7 Å². The van der Waals surface area contributed by atoms with Gasteiger partial charge in [0.2, 0.25) is 0 Å². The summed E-state index contributed by atoms with van der Waals surface area (Å²) in [7, 11) is -2.78. The molecule has 1 fully saturated rings. The fourth-order valence-electron chi connectivity index (χ4n) is 2.61. The van der Waals surface area contributed by atoms with Gasteiger partial charge in [0.05, 0.1) is 17.7 Å². The fourth-order valence-corrected chi connectivity index (χ4v) is 4.32. The molecule has 1 saturated heterocycles. The van der Waals surface area contributed by atoms with Crippen molar-refractivity contribution < 1.29 is 8.42 Å². The van der Waals surface area contributed by atoms with E-state index >= 15 is 0 Å². The third kappa shape index (κ3) is 2.51. The van der Waals surface area contributed by atoms with Crippen molar-refractivity contribution in [3.8, 4) is 0 Å². The smallest absolute Gasteiger partial charge is 0.151 e. The Morgan fingerprint density at radius 3 is 3.22 bits per heavy atom. The lowest BCUT2D eigenvalue weighted by atomic mass is 10.1. The molecular weight excluding hydrogens is 252 g/mol. The molecule has 0 aliphatic carbocycles. The van der Waals surface area contributed by atoms with E-state index in [1.807, 2.05) is 10.7 Å². The molecule has 3 rings (SSSR count). The van der Waals surface area contributed by atoms with Crippen molar-refractivity contribution in [3.63, 3.8) is 0 Å². The van der Waals surface area contributed by atoms with Crippen molar-refractivity contribution in [1.29, 1.82) is 0 Å². The number of nitrogens with zero attached hydrogens (tertiary/aromatic N) is 2. The van der Waals surface area contributed by atoms with Crippen molar-refractivity contribution in [1.82, 2.24) is 15.1 Å². The van der Waals surface area contributed by atoms with Crippen LogP contribution in [0.15, 0.2) is 12.3 Å². The van der Waals surface area contributed by atoms with E-state index in [9.17, 15) is 8.42 Å². The van der Waals surface area contributed by atoms with E-state index in [1.54, 1.807) is 6.20 Å². The molecule has 0 amide bonds. The Hall–Kier alpha value is -1.08. The van der Waals surface area contributed by atoms with Gasteiger partial charge >= 0.3 is 0 Å². The Balaban J connectivity index is 1.51. The van der Waals surface area contributed by atoms with Crippen LogP contribution < -0.4 is 10.6 Å². The second-order valence-electron chi connectivity index (χ2n) is 5.15. The van der Waals surface area contributed by atoms with Crippen molar-refractivity contribution >= 4 is 15.7 Å². The highest BCUT2D eigenvalue weighted by Gasteiger charge is 2.28. The average molecular weight is 270 g/mol. The Labute approximate surface area is 107 Å². The molecule has 18 heavy (non-hydrogen) atoms. The predicted molar refractivity (Wildman–Crippen MR) is 69.3 cm³/mol. The zero-order valence-corrected chi connectivity index (χ0v) is 11.0. The molecule has 100 valence electrons. The van der Waals surface area contributed by atoms with Crippen LogP contribution in [0.3, 0.4) is 0 Å². The lowest BCUT2D eigenvalue weighted by Crippen LogP contribution is -2.40. The van der Waals surface area contributed by atoms with Crippen molar-refractivity contribution in [2.45, 2.75) is 19.0 Å². The molecule has 2 atom stereocenters. The molecule has 2 N–H and O–H groups in total. The Kier molecular flexibility index (Phi) is 3.03. The minimum atomic E-state index is -2.78. The van der Waals surface area contributed by atoms with Crippen molar-refractivity contribution in [2.24, 2.45) is 5.92 Å². The van der Waals surface area contributed by atoms with Gasteiger partial charge < -0.3 is 10.6 Å². The van der Waals surface area contributed by atoms with E-state index < -0.39 is 9.84 Å². The summed E-state index contributed by atoms with van der Waals surface area (Å²) in [6.45, 7) is 2.65. The second kappa shape index (κ2) is 4.55. The highest BCUT2D eigenvalue weighted by molar-refractivity contribution is 7.91. The lowest BCUT2D eigenvalue weighted by molar-refractivity contribution is 0.375. The van der Waals surface area contributed by atoms with Gasteiger partial charge in [-0.1, -0.05) is 0 Å². The zero-order valence-electron chi connectivity index (χ0n) is 10.2. The van der Waals surface area contributed by atoms with Gasteiger partial charge in [0.25, 0.3) is 0 Å². The quantitative estimate of drug-likeness (QED) is 0.789. The van der Waals surface area contributed by atoms with Crippen molar-refractivity contribution in [2.75, 3.05) is 29.9 Å². The van der Waals surface area contributed by atoms with E-state index in [-0.39, 0.29) is 6.04 Å². The molecule has 0 bridgehead atoms. The van der Waals surface area contributed by atoms with Crippen LogP contribution in [0, 0.1) is 5.92 Å². The summed E-state index contributed by atoms with van der Waals surface area (Å²) in [6.07, 6.45) is 2.54. The average Bonchev–Trinajstić information content (AvgIpc) is 2.92. The number of aromatic nitrogens is 2. The molecule has 0 aromatic carbocycles. The van der Waals surface area contributed by atoms with Crippen molar-refractivity contribution in [3.05, 3.63) is 12.3 Å². The summed E-state index contributed by atoms with van der Waals surface area (Å²) in [4.78, 5) is 0. The third-order valence-corrected chi connectivity index (χ3v) is 5.42. The van der Waals surface area contributed by atoms with Crippen LogP contribution in [-0.2, 0) is 16.4 Å². The Bertz CT molecular complexity index is 525. The first-order valence-electron chi connectivity index (χ1n) is 6.32. The Morgan fingerprint density at radius 2 is 2.44 bits per heavy atom. The number of hydrogen-bond acceptors (Lipinski definition) is 5. The number of fused-ring (bicyclic) bond motifs is 1.